The van der Waals surface area contributed by atoms with Gasteiger partial charge in [0.05, 0.1) is 6.61 Å². The van der Waals surface area contributed by atoms with Crippen LogP contribution in [0.25, 0.3) is 0 Å². The summed E-state index contributed by atoms with van der Waals surface area (Å²) in [4.78, 5) is 25.6. The number of carbonyl (C=O) groups is 2. The van der Waals surface area contributed by atoms with Gasteiger partial charge in [-0.15, -0.1) is 0 Å². The van der Waals surface area contributed by atoms with Crippen LogP contribution in [0.4, 0.5) is 0 Å². The van der Waals surface area contributed by atoms with Crippen LogP contribution in [0.1, 0.15) is 36.7 Å². The first kappa shape index (κ1) is 16.7. The Labute approximate surface area is 128 Å². The molecule has 5 heteroatoms. The summed E-state index contributed by atoms with van der Waals surface area (Å²) in [5.74, 6) is -0.561. The fourth-order valence-electron chi connectivity index (χ4n) is 1.73. The maximum absolute atomic E-state index is 12.5. The molecule has 0 spiro atoms. The molecule has 4 nitrogen and oxygen atoms in total. The van der Waals surface area contributed by atoms with Crippen molar-refractivity contribution < 1.29 is 14.3 Å². The van der Waals surface area contributed by atoms with Crippen molar-refractivity contribution in [3.05, 3.63) is 33.8 Å². The van der Waals surface area contributed by atoms with Gasteiger partial charge in [-0.25, -0.2) is 0 Å². The Bertz CT molecular complexity index is 500. The molecule has 0 N–H and O–H groups in total. The number of amides is 1. The van der Waals surface area contributed by atoms with Gasteiger partial charge in [-0.3, -0.25) is 9.59 Å². The van der Waals surface area contributed by atoms with Gasteiger partial charge in [0.2, 0.25) is 0 Å². The van der Waals surface area contributed by atoms with Crippen molar-refractivity contribution in [2.75, 3.05) is 13.2 Å². The Morgan fingerprint density at radius 3 is 2.50 bits per heavy atom. The number of esters is 1. The first-order valence-corrected chi connectivity index (χ1v) is 7.38. The number of benzene rings is 1. The Balaban J connectivity index is 2.93. The molecule has 1 amide bonds. The first-order valence-electron chi connectivity index (χ1n) is 6.59. The lowest BCUT2D eigenvalue weighted by Crippen LogP contribution is -2.41. The third kappa shape index (κ3) is 4.34. The molecule has 0 unspecified atom stereocenters. The number of aryl methyl sites for hydroxylation is 1. The summed E-state index contributed by atoms with van der Waals surface area (Å²) in [5, 5.41) is 0. The van der Waals surface area contributed by atoms with Crippen molar-refractivity contribution >= 4 is 27.8 Å². The number of rotatable bonds is 5. The maximum Gasteiger partial charge on any atom is 0.325 e. The summed E-state index contributed by atoms with van der Waals surface area (Å²) >= 11 is 3.41. The van der Waals surface area contributed by atoms with E-state index in [0.29, 0.717) is 12.2 Å². The van der Waals surface area contributed by atoms with Crippen molar-refractivity contribution in [3.8, 4) is 0 Å². The minimum Gasteiger partial charge on any atom is -0.465 e. The smallest absolute Gasteiger partial charge is 0.325 e. The van der Waals surface area contributed by atoms with Crippen LogP contribution in [-0.4, -0.2) is 36.0 Å². The predicted octanol–water partition coefficient (Wildman–Crippen LogP) is 3.17. The Kier molecular flexibility index (Phi) is 6.20. The largest absolute Gasteiger partial charge is 0.465 e. The van der Waals surface area contributed by atoms with Crippen molar-refractivity contribution in [1.29, 1.82) is 0 Å². The van der Waals surface area contributed by atoms with Crippen molar-refractivity contribution in [3.63, 3.8) is 0 Å². The highest BCUT2D eigenvalue weighted by Gasteiger charge is 2.22. The van der Waals surface area contributed by atoms with E-state index < -0.39 is 0 Å². The second-order valence-corrected chi connectivity index (χ2v) is 5.65. The summed E-state index contributed by atoms with van der Waals surface area (Å²) in [6, 6.07) is 5.34. The van der Waals surface area contributed by atoms with E-state index in [4.69, 9.17) is 4.74 Å². The second kappa shape index (κ2) is 7.43. The number of halogens is 1. The zero-order valence-electron chi connectivity index (χ0n) is 12.3. The molecule has 0 atom stereocenters. The molecule has 110 valence electrons. The molecule has 0 heterocycles. The highest BCUT2D eigenvalue weighted by molar-refractivity contribution is 9.10. The summed E-state index contributed by atoms with van der Waals surface area (Å²) in [7, 11) is 0. The zero-order valence-corrected chi connectivity index (χ0v) is 13.9. The first-order chi connectivity index (χ1) is 9.36. The summed E-state index contributed by atoms with van der Waals surface area (Å²) in [6.07, 6.45) is 0. The van der Waals surface area contributed by atoms with Crippen LogP contribution in [0, 0.1) is 6.92 Å². The summed E-state index contributed by atoms with van der Waals surface area (Å²) < 4.78 is 5.79. The molecule has 0 aliphatic heterocycles. The third-order valence-corrected chi connectivity index (χ3v) is 3.76. The third-order valence-electron chi connectivity index (χ3n) is 2.91. The number of carbonyl (C=O) groups excluding carboxylic acids is 2. The van der Waals surface area contributed by atoms with Crippen LogP contribution >= 0.6 is 15.9 Å². The average Bonchev–Trinajstić information content (AvgIpc) is 2.38. The van der Waals surface area contributed by atoms with E-state index in [9.17, 15) is 9.59 Å². The molecule has 1 rings (SSSR count). The topological polar surface area (TPSA) is 46.6 Å². The van der Waals surface area contributed by atoms with Gasteiger partial charge in [0, 0.05) is 16.1 Å². The van der Waals surface area contributed by atoms with Crippen LogP contribution in [0.3, 0.4) is 0 Å². The van der Waals surface area contributed by atoms with E-state index in [2.05, 4.69) is 15.9 Å². The molecule has 20 heavy (non-hydrogen) atoms. The number of nitrogens with zero attached hydrogens (tertiary/aromatic N) is 1. The van der Waals surface area contributed by atoms with Crippen molar-refractivity contribution in [2.24, 2.45) is 0 Å². The minimum atomic E-state index is -0.388. The van der Waals surface area contributed by atoms with E-state index in [1.54, 1.807) is 19.1 Å². The van der Waals surface area contributed by atoms with Crippen LogP contribution in [0.5, 0.6) is 0 Å². The lowest BCUT2D eigenvalue weighted by Gasteiger charge is -2.26. The molecule has 1 aromatic rings. The molecule has 0 aliphatic carbocycles. The fourth-order valence-corrected chi connectivity index (χ4v) is 2.11. The maximum atomic E-state index is 12.5. The molecule has 0 bridgehead atoms. The number of ether oxygens (including phenoxy) is 1. The highest BCUT2D eigenvalue weighted by Crippen LogP contribution is 2.19. The van der Waals surface area contributed by atoms with Crippen LogP contribution < -0.4 is 0 Å². The molecule has 0 fully saturated rings. The molecular formula is C15H20BrNO3. The normalized spacial score (nSPS) is 10.5. The lowest BCUT2D eigenvalue weighted by molar-refractivity contribution is -0.144. The monoisotopic (exact) mass is 341 g/mol. The van der Waals surface area contributed by atoms with Gasteiger partial charge in [-0.1, -0.05) is 22.0 Å². The van der Waals surface area contributed by atoms with Gasteiger partial charge in [-0.2, -0.15) is 0 Å². The zero-order chi connectivity index (χ0) is 15.3. The summed E-state index contributed by atoms with van der Waals surface area (Å²) in [6.45, 7) is 7.74. The molecular weight excluding hydrogens is 322 g/mol. The van der Waals surface area contributed by atoms with Crippen molar-refractivity contribution in [2.45, 2.75) is 33.7 Å². The van der Waals surface area contributed by atoms with Crippen LogP contribution in [0.2, 0.25) is 0 Å². The molecule has 0 radical (unpaired) electrons. The molecule has 0 aromatic heterocycles. The fraction of sp³-hybridized carbons (Fsp3) is 0.467. The van der Waals surface area contributed by atoms with Gasteiger partial charge in [-0.05, 0) is 45.4 Å². The van der Waals surface area contributed by atoms with E-state index in [0.717, 1.165) is 10.0 Å². The van der Waals surface area contributed by atoms with E-state index >= 15 is 0 Å². The van der Waals surface area contributed by atoms with E-state index in [1.165, 1.54) is 4.90 Å². The molecule has 0 saturated heterocycles. The Hall–Kier alpha value is -1.36. The average molecular weight is 342 g/mol. The van der Waals surface area contributed by atoms with Crippen molar-refractivity contribution in [1.82, 2.24) is 4.90 Å². The second-order valence-electron chi connectivity index (χ2n) is 4.80. The predicted molar refractivity (Wildman–Crippen MR) is 81.7 cm³/mol. The van der Waals surface area contributed by atoms with Gasteiger partial charge in [0.25, 0.3) is 5.91 Å². The Morgan fingerprint density at radius 2 is 2.00 bits per heavy atom. The lowest BCUT2D eigenvalue weighted by atomic mass is 10.1. The quantitative estimate of drug-likeness (QED) is 0.772. The SMILES string of the molecule is CCOC(=O)CN(C(=O)c1ccc(C)c(Br)c1)C(C)C. The van der Waals surface area contributed by atoms with Gasteiger partial charge in [0.15, 0.2) is 0 Å². The Morgan fingerprint density at radius 1 is 1.35 bits per heavy atom. The van der Waals surface area contributed by atoms with Gasteiger partial charge in [0.1, 0.15) is 6.54 Å². The summed E-state index contributed by atoms with van der Waals surface area (Å²) in [5.41, 5.74) is 1.61. The minimum absolute atomic E-state index is 0.0319. The number of hydrogen-bond acceptors (Lipinski definition) is 3. The van der Waals surface area contributed by atoms with Crippen LogP contribution in [0.15, 0.2) is 22.7 Å². The van der Waals surface area contributed by atoms with Gasteiger partial charge >= 0.3 is 5.97 Å². The number of hydrogen-bond donors (Lipinski definition) is 0. The molecule has 1 aromatic carbocycles. The standard InChI is InChI=1S/C15H20BrNO3/c1-5-20-14(18)9-17(10(2)3)15(19)12-7-6-11(4)13(16)8-12/h6-8,10H,5,9H2,1-4H3. The van der Waals surface area contributed by atoms with E-state index in [-0.39, 0.29) is 24.5 Å². The highest BCUT2D eigenvalue weighted by atomic mass is 79.9. The molecule has 0 aliphatic rings. The van der Waals surface area contributed by atoms with Gasteiger partial charge < -0.3 is 9.64 Å². The van der Waals surface area contributed by atoms with E-state index in [1.807, 2.05) is 26.8 Å². The molecule has 0 saturated carbocycles. The van der Waals surface area contributed by atoms with Crippen LogP contribution in [-0.2, 0) is 9.53 Å².